The standard InChI is InChI=1S/C20H25N3O4/c1-3-17-19(15(2)27-21-17)20(25)26-14-18(24)23-11-9-22(10-12-23)13-16-7-5-4-6-8-16/h4-8H,3,9-14H2,1-2H3. The van der Waals surface area contributed by atoms with Gasteiger partial charge in [0.2, 0.25) is 0 Å². The lowest BCUT2D eigenvalue weighted by Crippen LogP contribution is -2.49. The molecule has 7 heteroatoms. The van der Waals surface area contributed by atoms with Crippen LogP contribution in [-0.2, 0) is 22.5 Å². The number of rotatable bonds is 6. The second-order valence-electron chi connectivity index (χ2n) is 6.63. The maximum Gasteiger partial charge on any atom is 0.344 e. The molecule has 0 spiro atoms. The van der Waals surface area contributed by atoms with Crippen LogP contribution in [0.25, 0.3) is 0 Å². The number of piperazine rings is 1. The third-order valence-electron chi connectivity index (χ3n) is 4.77. The Hall–Kier alpha value is -2.67. The summed E-state index contributed by atoms with van der Waals surface area (Å²) in [5.74, 6) is -0.310. The van der Waals surface area contributed by atoms with E-state index in [2.05, 4.69) is 22.2 Å². The van der Waals surface area contributed by atoms with Crippen LogP contribution in [0.1, 0.15) is 34.3 Å². The fourth-order valence-electron chi connectivity index (χ4n) is 3.21. The van der Waals surface area contributed by atoms with E-state index in [-0.39, 0.29) is 12.5 Å². The molecule has 0 bridgehead atoms. The number of carbonyl (C=O) groups is 2. The fourth-order valence-corrected chi connectivity index (χ4v) is 3.21. The number of aromatic nitrogens is 1. The van der Waals surface area contributed by atoms with Gasteiger partial charge in [-0.1, -0.05) is 42.4 Å². The van der Waals surface area contributed by atoms with Crippen LogP contribution in [0, 0.1) is 6.92 Å². The highest BCUT2D eigenvalue weighted by atomic mass is 16.5. The molecular weight excluding hydrogens is 346 g/mol. The second-order valence-corrected chi connectivity index (χ2v) is 6.63. The minimum absolute atomic E-state index is 0.171. The summed E-state index contributed by atoms with van der Waals surface area (Å²) in [7, 11) is 0. The Morgan fingerprint density at radius 3 is 2.52 bits per heavy atom. The molecule has 1 aliphatic heterocycles. The van der Waals surface area contributed by atoms with Gasteiger partial charge in [-0.2, -0.15) is 0 Å². The summed E-state index contributed by atoms with van der Waals surface area (Å²) in [4.78, 5) is 28.7. The summed E-state index contributed by atoms with van der Waals surface area (Å²) in [6, 6.07) is 10.3. The highest BCUT2D eigenvalue weighted by Gasteiger charge is 2.25. The van der Waals surface area contributed by atoms with Crippen LogP contribution in [0.15, 0.2) is 34.9 Å². The average molecular weight is 371 g/mol. The molecule has 1 saturated heterocycles. The third-order valence-corrected chi connectivity index (χ3v) is 4.77. The predicted octanol–water partition coefficient (Wildman–Crippen LogP) is 2.05. The van der Waals surface area contributed by atoms with E-state index in [0.717, 1.165) is 19.6 Å². The van der Waals surface area contributed by atoms with Crippen LogP contribution in [0.3, 0.4) is 0 Å². The first-order valence-corrected chi connectivity index (χ1v) is 9.24. The Kier molecular flexibility index (Phi) is 6.24. The van der Waals surface area contributed by atoms with E-state index in [1.54, 1.807) is 11.8 Å². The van der Waals surface area contributed by atoms with Crippen molar-refractivity contribution in [1.29, 1.82) is 0 Å². The van der Waals surface area contributed by atoms with E-state index in [0.29, 0.717) is 36.5 Å². The first kappa shape index (κ1) is 19.1. The van der Waals surface area contributed by atoms with Gasteiger partial charge in [-0.05, 0) is 18.9 Å². The molecule has 1 aromatic heterocycles. The van der Waals surface area contributed by atoms with Gasteiger partial charge in [-0.15, -0.1) is 0 Å². The van der Waals surface area contributed by atoms with E-state index >= 15 is 0 Å². The first-order valence-electron chi connectivity index (χ1n) is 9.24. The van der Waals surface area contributed by atoms with Crippen molar-refractivity contribution in [3.8, 4) is 0 Å². The molecule has 144 valence electrons. The SMILES string of the molecule is CCc1noc(C)c1C(=O)OCC(=O)N1CCN(Cc2ccccc2)CC1. The molecule has 2 aromatic rings. The summed E-state index contributed by atoms with van der Waals surface area (Å²) < 4.78 is 10.2. The molecule has 1 aromatic carbocycles. The van der Waals surface area contributed by atoms with Crippen molar-refractivity contribution in [1.82, 2.24) is 15.0 Å². The maximum atomic E-state index is 12.4. The van der Waals surface area contributed by atoms with Crippen molar-refractivity contribution in [2.24, 2.45) is 0 Å². The van der Waals surface area contributed by atoms with E-state index < -0.39 is 5.97 Å². The van der Waals surface area contributed by atoms with Gasteiger partial charge in [-0.25, -0.2) is 4.79 Å². The van der Waals surface area contributed by atoms with Gasteiger partial charge in [0, 0.05) is 32.7 Å². The molecule has 7 nitrogen and oxygen atoms in total. The minimum atomic E-state index is -0.554. The predicted molar refractivity (Wildman–Crippen MR) is 99.2 cm³/mol. The van der Waals surface area contributed by atoms with Gasteiger partial charge in [0.25, 0.3) is 5.91 Å². The van der Waals surface area contributed by atoms with Crippen LogP contribution in [0.5, 0.6) is 0 Å². The highest BCUT2D eigenvalue weighted by Crippen LogP contribution is 2.15. The van der Waals surface area contributed by atoms with Crippen LogP contribution in [0.2, 0.25) is 0 Å². The number of aryl methyl sites for hydroxylation is 2. The van der Waals surface area contributed by atoms with Crippen molar-refractivity contribution in [2.75, 3.05) is 32.8 Å². The van der Waals surface area contributed by atoms with Gasteiger partial charge < -0.3 is 14.2 Å². The lowest BCUT2D eigenvalue weighted by Gasteiger charge is -2.34. The number of hydrogen-bond donors (Lipinski definition) is 0. The van der Waals surface area contributed by atoms with Gasteiger partial charge >= 0.3 is 5.97 Å². The second kappa shape index (κ2) is 8.81. The number of benzene rings is 1. The number of amides is 1. The van der Waals surface area contributed by atoms with Gasteiger partial charge in [0.15, 0.2) is 6.61 Å². The number of ether oxygens (including phenoxy) is 1. The Balaban J connectivity index is 1.45. The van der Waals surface area contributed by atoms with Crippen LogP contribution >= 0.6 is 0 Å². The Labute approximate surface area is 158 Å². The highest BCUT2D eigenvalue weighted by molar-refractivity contribution is 5.93. The van der Waals surface area contributed by atoms with Gasteiger partial charge in [0.1, 0.15) is 11.3 Å². The quantitative estimate of drug-likeness (QED) is 0.724. The van der Waals surface area contributed by atoms with Crippen molar-refractivity contribution in [2.45, 2.75) is 26.8 Å². The molecule has 27 heavy (non-hydrogen) atoms. The lowest BCUT2D eigenvalue weighted by molar-refractivity contribution is -0.136. The van der Waals surface area contributed by atoms with Crippen molar-refractivity contribution in [3.63, 3.8) is 0 Å². The molecule has 0 saturated carbocycles. The van der Waals surface area contributed by atoms with Crippen LogP contribution < -0.4 is 0 Å². The summed E-state index contributed by atoms with van der Waals surface area (Å²) in [5, 5.41) is 3.84. The molecule has 1 aliphatic rings. The number of esters is 1. The van der Waals surface area contributed by atoms with Crippen LogP contribution in [-0.4, -0.2) is 59.6 Å². The monoisotopic (exact) mass is 371 g/mol. The van der Waals surface area contributed by atoms with E-state index in [1.165, 1.54) is 5.56 Å². The van der Waals surface area contributed by atoms with Crippen LogP contribution in [0.4, 0.5) is 0 Å². The van der Waals surface area contributed by atoms with Crippen molar-refractivity contribution < 1.29 is 18.8 Å². The molecule has 3 rings (SSSR count). The summed E-state index contributed by atoms with van der Waals surface area (Å²) in [5.41, 5.74) is 2.15. The molecule has 1 amide bonds. The molecule has 0 atom stereocenters. The summed E-state index contributed by atoms with van der Waals surface area (Å²) in [6.45, 7) is 7.05. The number of carbonyl (C=O) groups excluding carboxylic acids is 2. The minimum Gasteiger partial charge on any atom is -0.452 e. The Morgan fingerprint density at radius 1 is 1.15 bits per heavy atom. The maximum absolute atomic E-state index is 12.4. The van der Waals surface area contributed by atoms with Crippen molar-refractivity contribution in [3.05, 3.63) is 52.9 Å². The molecule has 0 radical (unpaired) electrons. The fraction of sp³-hybridized carbons (Fsp3) is 0.450. The van der Waals surface area contributed by atoms with Gasteiger partial charge in [0.05, 0.1) is 5.69 Å². The zero-order valence-corrected chi connectivity index (χ0v) is 15.8. The van der Waals surface area contributed by atoms with E-state index in [9.17, 15) is 9.59 Å². The lowest BCUT2D eigenvalue weighted by atomic mass is 10.1. The smallest absolute Gasteiger partial charge is 0.344 e. The largest absolute Gasteiger partial charge is 0.452 e. The topological polar surface area (TPSA) is 75.9 Å². The van der Waals surface area contributed by atoms with E-state index in [4.69, 9.17) is 9.26 Å². The first-order chi connectivity index (χ1) is 13.1. The molecule has 0 unspecified atom stereocenters. The zero-order valence-electron chi connectivity index (χ0n) is 15.8. The number of hydrogen-bond acceptors (Lipinski definition) is 6. The normalized spacial score (nSPS) is 15.0. The molecule has 2 heterocycles. The zero-order chi connectivity index (χ0) is 19.2. The Bertz CT molecular complexity index is 780. The van der Waals surface area contributed by atoms with E-state index in [1.807, 2.05) is 25.1 Å². The molecule has 0 aliphatic carbocycles. The molecule has 0 N–H and O–H groups in total. The van der Waals surface area contributed by atoms with Gasteiger partial charge in [-0.3, -0.25) is 9.69 Å². The van der Waals surface area contributed by atoms with Crippen molar-refractivity contribution >= 4 is 11.9 Å². The molecule has 1 fully saturated rings. The third kappa shape index (κ3) is 4.74. The summed E-state index contributed by atoms with van der Waals surface area (Å²) in [6.07, 6.45) is 0.569. The molecular formula is C20H25N3O4. The summed E-state index contributed by atoms with van der Waals surface area (Å²) >= 11 is 0. The number of nitrogens with zero attached hydrogens (tertiary/aromatic N) is 3. The average Bonchev–Trinajstić information content (AvgIpc) is 3.08. The Morgan fingerprint density at radius 2 is 1.85 bits per heavy atom.